The average molecular weight is 366 g/mol. The Morgan fingerprint density at radius 3 is 2.67 bits per heavy atom. The van der Waals surface area contributed by atoms with Crippen LogP contribution in [0, 0.1) is 6.92 Å². The zero-order valence-electron chi connectivity index (χ0n) is 13.2. The normalized spacial score (nSPS) is 15.5. The summed E-state index contributed by atoms with van der Waals surface area (Å²) in [6.45, 7) is 1.79. The molecule has 9 heteroatoms. The van der Waals surface area contributed by atoms with Crippen molar-refractivity contribution < 1.29 is 13.2 Å². The quantitative estimate of drug-likeness (QED) is 0.846. The number of hydrogen-bond acceptors (Lipinski definition) is 6. The number of amides is 1. The van der Waals surface area contributed by atoms with E-state index < -0.39 is 15.9 Å². The molecule has 0 atom stereocenters. The highest BCUT2D eigenvalue weighted by Gasteiger charge is 2.23. The predicted molar refractivity (Wildman–Crippen MR) is 91.6 cm³/mol. The Bertz CT molecular complexity index is 842. The summed E-state index contributed by atoms with van der Waals surface area (Å²) in [6, 6.07) is 5.97. The minimum atomic E-state index is -3.62. The molecule has 7 nitrogen and oxygen atoms in total. The molecule has 1 aromatic heterocycles. The maximum absolute atomic E-state index is 12.5. The third-order valence-corrected chi connectivity index (χ3v) is 6.10. The van der Waals surface area contributed by atoms with Crippen LogP contribution in [0.25, 0.3) is 0 Å². The van der Waals surface area contributed by atoms with E-state index in [0.29, 0.717) is 5.13 Å². The number of nitrogens with one attached hydrogen (secondary N) is 2. The van der Waals surface area contributed by atoms with Gasteiger partial charge in [0, 0.05) is 11.6 Å². The van der Waals surface area contributed by atoms with Crippen LogP contribution >= 0.6 is 11.3 Å². The Labute approximate surface area is 144 Å². The number of nitrogens with zero attached hydrogens (tertiary/aromatic N) is 2. The molecular formula is C15H18N4O3S2. The minimum absolute atomic E-state index is 0.0168. The molecule has 1 fully saturated rings. The van der Waals surface area contributed by atoms with Crippen LogP contribution in [0.2, 0.25) is 0 Å². The molecular weight excluding hydrogens is 348 g/mol. The number of carbonyl (C=O) groups is 1. The molecule has 1 heterocycles. The number of aromatic nitrogens is 2. The summed E-state index contributed by atoms with van der Waals surface area (Å²) in [6.07, 6.45) is 3.79. The van der Waals surface area contributed by atoms with Crippen LogP contribution in [-0.4, -0.2) is 30.6 Å². The standard InChI is InChI=1S/C15H18N4O3S2/c1-10-17-18-15(23-10)16-14(20)11-5-4-8-13(9-11)24(21,22)19-12-6-2-3-7-12/h4-5,8-9,12,19H,2-3,6-7H2,1H3,(H,16,18,20). The Morgan fingerprint density at radius 2 is 2.00 bits per heavy atom. The molecule has 24 heavy (non-hydrogen) atoms. The first-order chi connectivity index (χ1) is 11.4. The van der Waals surface area contributed by atoms with Crippen LogP contribution in [0.15, 0.2) is 29.2 Å². The van der Waals surface area contributed by atoms with E-state index in [0.717, 1.165) is 30.7 Å². The smallest absolute Gasteiger partial charge is 0.257 e. The lowest BCUT2D eigenvalue weighted by atomic mass is 10.2. The maximum Gasteiger partial charge on any atom is 0.257 e. The van der Waals surface area contributed by atoms with E-state index >= 15 is 0 Å². The van der Waals surface area contributed by atoms with Gasteiger partial charge in [0.05, 0.1) is 4.90 Å². The van der Waals surface area contributed by atoms with Crippen molar-refractivity contribution in [2.75, 3.05) is 5.32 Å². The molecule has 1 aromatic carbocycles. The molecule has 3 rings (SSSR count). The SMILES string of the molecule is Cc1nnc(NC(=O)c2cccc(S(=O)(=O)NC3CCCC3)c2)s1. The number of carbonyl (C=O) groups excluding carboxylic acids is 1. The van der Waals surface area contributed by atoms with Gasteiger partial charge in [0.1, 0.15) is 5.01 Å². The lowest BCUT2D eigenvalue weighted by Gasteiger charge is -2.13. The number of aryl methyl sites for hydroxylation is 1. The third kappa shape index (κ3) is 3.97. The summed E-state index contributed by atoms with van der Waals surface area (Å²) < 4.78 is 27.6. The fraction of sp³-hybridized carbons (Fsp3) is 0.400. The summed E-state index contributed by atoms with van der Waals surface area (Å²) >= 11 is 1.26. The lowest BCUT2D eigenvalue weighted by molar-refractivity contribution is 0.102. The molecule has 0 aliphatic heterocycles. The zero-order chi connectivity index (χ0) is 17.2. The second-order valence-electron chi connectivity index (χ2n) is 5.71. The van der Waals surface area contributed by atoms with Crippen molar-refractivity contribution in [1.82, 2.24) is 14.9 Å². The van der Waals surface area contributed by atoms with Crippen LogP contribution in [0.3, 0.4) is 0 Å². The summed E-state index contributed by atoms with van der Waals surface area (Å²) in [7, 11) is -3.62. The second-order valence-corrected chi connectivity index (χ2v) is 8.61. The first-order valence-electron chi connectivity index (χ1n) is 7.68. The number of sulfonamides is 1. The van der Waals surface area contributed by atoms with Crippen molar-refractivity contribution in [3.63, 3.8) is 0 Å². The third-order valence-electron chi connectivity index (χ3n) is 3.83. The first-order valence-corrected chi connectivity index (χ1v) is 9.98. The Hall–Kier alpha value is -1.84. The van der Waals surface area contributed by atoms with Gasteiger partial charge in [-0.2, -0.15) is 0 Å². The number of benzene rings is 1. The number of rotatable bonds is 5. The van der Waals surface area contributed by atoms with Crippen molar-refractivity contribution in [3.05, 3.63) is 34.8 Å². The van der Waals surface area contributed by atoms with E-state index in [4.69, 9.17) is 0 Å². The van der Waals surface area contributed by atoms with Crippen molar-refractivity contribution in [3.8, 4) is 0 Å². The van der Waals surface area contributed by atoms with Crippen molar-refractivity contribution >= 4 is 32.4 Å². The fourth-order valence-corrected chi connectivity index (χ4v) is 4.59. The topological polar surface area (TPSA) is 101 Å². The molecule has 0 unspecified atom stereocenters. The van der Waals surface area contributed by atoms with Gasteiger partial charge in [-0.1, -0.05) is 30.2 Å². The predicted octanol–water partition coefficient (Wildman–Crippen LogP) is 2.32. The van der Waals surface area contributed by atoms with Crippen LogP contribution in [0.1, 0.15) is 41.0 Å². The highest BCUT2D eigenvalue weighted by Crippen LogP contribution is 2.21. The van der Waals surface area contributed by atoms with E-state index in [2.05, 4.69) is 20.2 Å². The highest BCUT2D eigenvalue weighted by atomic mass is 32.2. The average Bonchev–Trinajstić information content (AvgIpc) is 3.19. The van der Waals surface area contributed by atoms with Crippen LogP contribution in [0.4, 0.5) is 5.13 Å². The van der Waals surface area contributed by atoms with Crippen molar-refractivity contribution in [2.24, 2.45) is 0 Å². The maximum atomic E-state index is 12.5. The van der Waals surface area contributed by atoms with E-state index in [1.807, 2.05) is 0 Å². The molecule has 2 N–H and O–H groups in total. The molecule has 0 spiro atoms. The molecule has 1 saturated carbocycles. The van der Waals surface area contributed by atoms with E-state index in [9.17, 15) is 13.2 Å². The van der Waals surface area contributed by atoms with E-state index in [1.165, 1.54) is 23.5 Å². The molecule has 0 bridgehead atoms. The van der Waals surface area contributed by atoms with Gasteiger partial charge in [0.25, 0.3) is 5.91 Å². The summed E-state index contributed by atoms with van der Waals surface area (Å²) in [5.74, 6) is -0.413. The van der Waals surface area contributed by atoms with Crippen LogP contribution in [-0.2, 0) is 10.0 Å². The van der Waals surface area contributed by atoms with Gasteiger partial charge in [0.15, 0.2) is 0 Å². The molecule has 128 valence electrons. The van der Waals surface area contributed by atoms with Gasteiger partial charge in [-0.25, -0.2) is 13.1 Å². The molecule has 2 aromatic rings. The zero-order valence-corrected chi connectivity index (χ0v) is 14.8. The van der Waals surface area contributed by atoms with Gasteiger partial charge in [0.2, 0.25) is 15.2 Å². The van der Waals surface area contributed by atoms with Gasteiger partial charge >= 0.3 is 0 Å². The number of anilines is 1. The summed E-state index contributed by atoms with van der Waals surface area (Å²) in [5.41, 5.74) is 0.261. The molecule has 0 radical (unpaired) electrons. The molecule has 1 aliphatic rings. The van der Waals surface area contributed by atoms with Crippen molar-refractivity contribution in [1.29, 1.82) is 0 Å². The van der Waals surface area contributed by atoms with Gasteiger partial charge in [-0.3, -0.25) is 10.1 Å². The van der Waals surface area contributed by atoms with Crippen LogP contribution in [0.5, 0.6) is 0 Å². The molecule has 1 aliphatic carbocycles. The van der Waals surface area contributed by atoms with Gasteiger partial charge in [-0.15, -0.1) is 10.2 Å². The Morgan fingerprint density at radius 1 is 1.25 bits per heavy atom. The van der Waals surface area contributed by atoms with E-state index in [1.54, 1.807) is 19.1 Å². The summed E-state index contributed by atoms with van der Waals surface area (Å²) in [4.78, 5) is 12.4. The van der Waals surface area contributed by atoms with Crippen LogP contribution < -0.4 is 10.0 Å². The first kappa shape index (κ1) is 17.0. The Balaban J connectivity index is 1.76. The minimum Gasteiger partial charge on any atom is -0.296 e. The summed E-state index contributed by atoms with van der Waals surface area (Å²) in [5, 5.41) is 11.4. The number of hydrogen-bond donors (Lipinski definition) is 2. The molecule has 0 saturated heterocycles. The highest BCUT2D eigenvalue weighted by molar-refractivity contribution is 7.89. The Kier molecular flexibility index (Phi) is 4.93. The van der Waals surface area contributed by atoms with Gasteiger partial charge in [-0.05, 0) is 38.0 Å². The fourth-order valence-electron chi connectivity index (χ4n) is 2.65. The monoisotopic (exact) mass is 366 g/mol. The molecule has 1 amide bonds. The van der Waals surface area contributed by atoms with Crippen molar-refractivity contribution in [2.45, 2.75) is 43.5 Å². The lowest BCUT2D eigenvalue weighted by Crippen LogP contribution is -2.32. The van der Waals surface area contributed by atoms with E-state index in [-0.39, 0.29) is 16.5 Å². The largest absolute Gasteiger partial charge is 0.296 e. The van der Waals surface area contributed by atoms with Gasteiger partial charge < -0.3 is 0 Å². The second kappa shape index (κ2) is 6.96.